The largest absolute Gasteiger partial charge is 0.444 e. The minimum absolute atomic E-state index is 0.0662. The van der Waals surface area contributed by atoms with Gasteiger partial charge in [-0.1, -0.05) is 6.07 Å². The lowest BCUT2D eigenvalue weighted by Crippen LogP contribution is -2.27. The van der Waals surface area contributed by atoms with Gasteiger partial charge in [0.1, 0.15) is 17.7 Å². The van der Waals surface area contributed by atoms with Gasteiger partial charge in [0.15, 0.2) is 5.82 Å². The minimum Gasteiger partial charge on any atom is -0.444 e. The van der Waals surface area contributed by atoms with Crippen LogP contribution in [0, 0.1) is 11.3 Å². The molecular formula is C23H22F2N6O2. The lowest BCUT2D eigenvalue weighted by atomic mass is 9.96. The molecule has 170 valence electrons. The molecule has 1 aliphatic rings. The minimum atomic E-state index is -2.85. The number of aromatic nitrogens is 4. The fraction of sp³-hybridized carbons (Fsp3) is 0.348. The summed E-state index contributed by atoms with van der Waals surface area (Å²) in [6.07, 6.45) is 2.25. The molecule has 1 amide bonds. The summed E-state index contributed by atoms with van der Waals surface area (Å²) in [6.45, 7) is 2.42. The number of amides is 1. The average Bonchev–Trinajstić information content (AvgIpc) is 3.47. The molecule has 3 aromatic rings. The number of anilines is 1. The SMILES string of the molecule is CC(C)(C)OC(=O)Nc1cc(-c2ccc(C#N)cc2-c2nncn2C(F)F)cc(C2CC2)n1. The van der Waals surface area contributed by atoms with Gasteiger partial charge in [0, 0.05) is 17.2 Å². The van der Waals surface area contributed by atoms with Crippen molar-refractivity contribution >= 4 is 11.9 Å². The average molecular weight is 452 g/mol. The molecule has 1 N–H and O–H groups in total. The molecule has 0 atom stereocenters. The number of carbonyl (C=O) groups excluding carboxylic acids is 1. The number of hydrogen-bond acceptors (Lipinski definition) is 6. The molecule has 33 heavy (non-hydrogen) atoms. The first-order valence-corrected chi connectivity index (χ1v) is 10.4. The third kappa shape index (κ3) is 5.14. The topological polar surface area (TPSA) is 106 Å². The van der Waals surface area contributed by atoms with Crippen LogP contribution in [0.15, 0.2) is 36.7 Å². The summed E-state index contributed by atoms with van der Waals surface area (Å²) < 4.78 is 33.0. The Balaban J connectivity index is 1.82. The van der Waals surface area contributed by atoms with Gasteiger partial charge in [0.05, 0.1) is 11.6 Å². The third-order valence-corrected chi connectivity index (χ3v) is 4.95. The van der Waals surface area contributed by atoms with Crippen molar-refractivity contribution in [3.05, 3.63) is 47.9 Å². The molecular weight excluding hydrogens is 430 g/mol. The number of benzene rings is 1. The molecule has 1 aromatic carbocycles. The van der Waals surface area contributed by atoms with Gasteiger partial charge >= 0.3 is 12.6 Å². The van der Waals surface area contributed by atoms with Crippen molar-refractivity contribution in [1.29, 1.82) is 5.26 Å². The van der Waals surface area contributed by atoms with Gasteiger partial charge in [0.25, 0.3) is 0 Å². The zero-order valence-corrected chi connectivity index (χ0v) is 18.3. The van der Waals surface area contributed by atoms with Crippen LogP contribution < -0.4 is 5.32 Å². The van der Waals surface area contributed by atoms with Crippen molar-refractivity contribution < 1.29 is 18.3 Å². The Morgan fingerprint density at radius 2 is 2.00 bits per heavy atom. The lowest BCUT2D eigenvalue weighted by Gasteiger charge is -2.20. The Hall–Kier alpha value is -3.87. The number of alkyl halides is 2. The van der Waals surface area contributed by atoms with E-state index in [1.807, 2.05) is 12.1 Å². The van der Waals surface area contributed by atoms with Crippen LogP contribution in [0.4, 0.5) is 19.4 Å². The van der Waals surface area contributed by atoms with Crippen molar-refractivity contribution in [2.75, 3.05) is 5.32 Å². The van der Waals surface area contributed by atoms with E-state index in [-0.39, 0.29) is 17.6 Å². The van der Waals surface area contributed by atoms with E-state index in [4.69, 9.17) is 4.74 Å². The standard InChI is InChI=1S/C23H22F2N6O2/c1-23(2,3)33-22(32)29-19-10-15(9-18(28-19)14-5-6-14)16-7-4-13(11-26)8-17(16)20-30-27-12-31(20)21(24)25/h4,7-10,12,14,21H,5-6H2,1-3H3,(H,28,29,32). The Kier molecular flexibility index (Phi) is 5.80. The van der Waals surface area contributed by atoms with Gasteiger partial charge in [-0.2, -0.15) is 14.0 Å². The molecule has 0 aliphatic heterocycles. The zero-order valence-electron chi connectivity index (χ0n) is 18.3. The Morgan fingerprint density at radius 3 is 2.64 bits per heavy atom. The molecule has 0 radical (unpaired) electrons. The molecule has 0 saturated heterocycles. The summed E-state index contributed by atoms with van der Waals surface area (Å²) in [5, 5.41) is 19.5. The summed E-state index contributed by atoms with van der Waals surface area (Å²) in [4.78, 5) is 16.9. The number of hydrogen-bond donors (Lipinski definition) is 1. The van der Waals surface area contributed by atoms with Crippen molar-refractivity contribution in [2.24, 2.45) is 0 Å². The molecule has 2 heterocycles. The second-order valence-corrected chi connectivity index (χ2v) is 8.78. The van der Waals surface area contributed by atoms with Gasteiger partial charge in [0.2, 0.25) is 0 Å². The molecule has 0 spiro atoms. The monoisotopic (exact) mass is 452 g/mol. The summed E-state index contributed by atoms with van der Waals surface area (Å²) in [7, 11) is 0. The van der Waals surface area contributed by atoms with E-state index in [0.29, 0.717) is 26.8 Å². The quantitative estimate of drug-likeness (QED) is 0.548. The normalized spacial score (nSPS) is 13.6. The third-order valence-electron chi connectivity index (χ3n) is 4.95. The fourth-order valence-electron chi connectivity index (χ4n) is 3.40. The maximum absolute atomic E-state index is 13.5. The zero-order chi connectivity index (χ0) is 23.8. The molecule has 0 bridgehead atoms. The van der Waals surface area contributed by atoms with Crippen LogP contribution in [0.1, 0.15) is 57.3 Å². The van der Waals surface area contributed by atoms with Crippen LogP contribution in [-0.4, -0.2) is 31.4 Å². The predicted octanol–water partition coefficient (Wildman–Crippen LogP) is 5.50. The Labute approximate surface area is 189 Å². The van der Waals surface area contributed by atoms with Crippen LogP contribution in [0.5, 0.6) is 0 Å². The summed E-state index contributed by atoms with van der Waals surface area (Å²) in [6, 6.07) is 10.3. The van der Waals surface area contributed by atoms with Gasteiger partial charge in [-0.3, -0.25) is 9.88 Å². The van der Waals surface area contributed by atoms with Crippen molar-refractivity contribution in [3.8, 4) is 28.6 Å². The van der Waals surface area contributed by atoms with Crippen LogP contribution in [0.3, 0.4) is 0 Å². The molecule has 1 saturated carbocycles. The first kappa shape index (κ1) is 22.3. The summed E-state index contributed by atoms with van der Waals surface area (Å²) >= 11 is 0. The summed E-state index contributed by atoms with van der Waals surface area (Å²) in [5.74, 6) is 0.480. The number of nitrogens with zero attached hydrogens (tertiary/aromatic N) is 5. The van der Waals surface area contributed by atoms with E-state index in [0.717, 1.165) is 24.9 Å². The number of carbonyl (C=O) groups is 1. The first-order valence-electron chi connectivity index (χ1n) is 10.4. The second-order valence-electron chi connectivity index (χ2n) is 8.78. The van der Waals surface area contributed by atoms with Crippen molar-refractivity contribution in [1.82, 2.24) is 19.7 Å². The van der Waals surface area contributed by atoms with E-state index in [1.165, 1.54) is 6.07 Å². The van der Waals surface area contributed by atoms with E-state index in [1.54, 1.807) is 39.0 Å². The number of nitrogens with one attached hydrogen (secondary N) is 1. The number of halogens is 2. The fourth-order valence-corrected chi connectivity index (χ4v) is 3.40. The Morgan fingerprint density at radius 1 is 1.24 bits per heavy atom. The van der Waals surface area contributed by atoms with E-state index in [2.05, 4.69) is 20.5 Å². The number of nitriles is 1. The first-order chi connectivity index (χ1) is 15.6. The number of rotatable bonds is 5. The smallest absolute Gasteiger partial charge is 0.413 e. The van der Waals surface area contributed by atoms with Gasteiger partial charge in [-0.25, -0.2) is 9.78 Å². The molecule has 1 aliphatic carbocycles. The molecule has 8 nitrogen and oxygen atoms in total. The van der Waals surface area contributed by atoms with E-state index < -0.39 is 18.2 Å². The molecule has 0 unspecified atom stereocenters. The van der Waals surface area contributed by atoms with E-state index >= 15 is 0 Å². The second kappa shape index (κ2) is 8.58. The van der Waals surface area contributed by atoms with Crippen LogP contribution in [-0.2, 0) is 4.74 Å². The van der Waals surface area contributed by atoms with Gasteiger partial charge in [-0.05, 0) is 69.0 Å². The predicted molar refractivity (Wildman–Crippen MR) is 116 cm³/mol. The van der Waals surface area contributed by atoms with Crippen LogP contribution in [0.2, 0.25) is 0 Å². The highest BCUT2D eigenvalue weighted by Crippen LogP contribution is 2.42. The van der Waals surface area contributed by atoms with Crippen LogP contribution in [0.25, 0.3) is 22.5 Å². The number of ether oxygens (including phenoxy) is 1. The molecule has 4 rings (SSSR count). The molecule has 2 aromatic heterocycles. The van der Waals surface area contributed by atoms with Crippen LogP contribution >= 0.6 is 0 Å². The van der Waals surface area contributed by atoms with Crippen molar-refractivity contribution in [2.45, 2.75) is 51.7 Å². The van der Waals surface area contributed by atoms with Gasteiger partial charge in [-0.15, -0.1) is 10.2 Å². The maximum Gasteiger partial charge on any atom is 0.413 e. The molecule has 10 heteroatoms. The Bertz CT molecular complexity index is 1240. The highest BCUT2D eigenvalue weighted by Gasteiger charge is 2.27. The number of pyridine rings is 1. The van der Waals surface area contributed by atoms with E-state index in [9.17, 15) is 18.8 Å². The summed E-state index contributed by atoms with van der Waals surface area (Å²) in [5.41, 5.74) is 1.91. The highest BCUT2D eigenvalue weighted by atomic mass is 19.3. The molecule has 1 fully saturated rings. The maximum atomic E-state index is 13.5. The van der Waals surface area contributed by atoms with Crippen molar-refractivity contribution in [3.63, 3.8) is 0 Å². The van der Waals surface area contributed by atoms with Gasteiger partial charge < -0.3 is 4.74 Å². The highest BCUT2D eigenvalue weighted by molar-refractivity contribution is 5.87. The lowest BCUT2D eigenvalue weighted by molar-refractivity contribution is 0.0634.